The summed E-state index contributed by atoms with van der Waals surface area (Å²) in [5.41, 5.74) is -0.219. The molecule has 0 aliphatic rings. The Hall–Kier alpha value is -2.07. The molecule has 0 bridgehead atoms. The van der Waals surface area contributed by atoms with Crippen LogP contribution < -0.4 is 5.32 Å². The number of nitrogens with zero attached hydrogens (tertiary/aromatic N) is 2. The van der Waals surface area contributed by atoms with Gasteiger partial charge in [-0.1, -0.05) is 0 Å². The van der Waals surface area contributed by atoms with Crippen molar-refractivity contribution in [2.75, 3.05) is 5.32 Å². The maximum atomic E-state index is 12.8. The Morgan fingerprint density at radius 2 is 2.00 bits per heavy atom. The SMILES string of the molecule is N#Cc1ccc(NCc2cncc(Br)c2)cc1C(F)(F)F. The van der Waals surface area contributed by atoms with Crippen molar-refractivity contribution in [2.24, 2.45) is 0 Å². The predicted molar refractivity (Wildman–Crippen MR) is 75.4 cm³/mol. The zero-order valence-corrected chi connectivity index (χ0v) is 12.2. The highest BCUT2D eigenvalue weighted by molar-refractivity contribution is 9.10. The van der Waals surface area contributed by atoms with E-state index in [1.165, 1.54) is 6.07 Å². The van der Waals surface area contributed by atoms with Crippen molar-refractivity contribution in [2.45, 2.75) is 12.7 Å². The van der Waals surface area contributed by atoms with Gasteiger partial charge in [0.1, 0.15) is 0 Å². The van der Waals surface area contributed by atoms with E-state index in [1.807, 2.05) is 6.07 Å². The Morgan fingerprint density at radius 1 is 1.24 bits per heavy atom. The number of rotatable bonds is 3. The molecule has 1 aromatic carbocycles. The number of anilines is 1. The van der Waals surface area contributed by atoms with Crippen LogP contribution in [0.5, 0.6) is 0 Å². The minimum atomic E-state index is -4.56. The van der Waals surface area contributed by atoms with E-state index in [1.54, 1.807) is 18.5 Å². The van der Waals surface area contributed by atoms with Crippen LogP contribution in [0.1, 0.15) is 16.7 Å². The number of pyridine rings is 1. The highest BCUT2D eigenvalue weighted by Crippen LogP contribution is 2.33. The standard InChI is InChI=1S/C14H9BrF3N3/c15-11-3-9(6-20-8-11)7-21-12-2-1-10(5-19)13(4-12)14(16,17)18/h1-4,6,8,21H,7H2. The van der Waals surface area contributed by atoms with Gasteiger partial charge in [0.05, 0.1) is 17.2 Å². The van der Waals surface area contributed by atoms with Crippen molar-refractivity contribution in [3.8, 4) is 6.07 Å². The Bertz CT molecular complexity index is 693. The van der Waals surface area contributed by atoms with Gasteiger partial charge in [0.25, 0.3) is 0 Å². The first-order valence-corrected chi connectivity index (χ1v) is 6.64. The molecule has 0 aliphatic carbocycles. The third kappa shape index (κ3) is 3.95. The van der Waals surface area contributed by atoms with E-state index in [-0.39, 0.29) is 0 Å². The van der Waals surface area contributed by atoms with Crippen LogP contribution in [0.15, 0.2) is 41.1 Å². The monoisotopic (exact) mass is 355 g/mol. The summed E-state index contributed by atoms with van der Waals surface area (Å²) in [4.78, 5) is 3.97. The number of hydrogen-bond acceptors (Lipinski definition) is 3. The minimum Gasteiger partial charge on any atom is -0.381 e. The fourth-order valence-corrected chi connectivity index (χ4v) is 2.16. The molecule has 2 rings (SSSR count). The zero-order valence-electron chi connectivity index (χ0n) is 10.6. The third-order valence-corrected chi connectivity index (χ3v) is 3.14. The molecule has 0 amide bonds. The molecule has 108 valence electrons. The Kier molecular flexibility index (Phi) is 4.48. The summed E-state index contributed by atoms with van der Waals surface area (Å²) in [6, 6.07) is 6.90. The summed E-state index contributed by atoms with van der Waals surface area (Å²) in [7, 11) is 0. The molecule has 0 atom stereocenters. The molecule has 2 aromatic rings. The lowest BCUT2D eigenvalue weighted by atomic mass is 10.1. The lowest BCUT2D eigenvalue weighted by Crippen LogP contribution is -2.09. The molecular formula is C14H9BrF3N3. The maximum Gasteiger partial charge on any atom is 0.417 e. The van der Waals surface area contributed by atoms with Crippen LogP contribution >= 0.6 is 15.9 Å². The first-order chi connectivity index (χ1) is 9.90. The molecule has 0 saturated carbocycles. The van der Waals surface area contributed by atoms with Crippen molar-refractivity contribution < 1.29 is 13.2 Å². The summed E-state index contributed by atoms with van der Waals surface area (Å²) >= 11 is 3.27. The van der Waals surface area contributed by atoms with Gasteiger partial charge in [-0.3, -0.25) is 4.98 Å². The first-order valence-electron chi connectivity index (χ1n) is 5.85. The van der Waals surface area contributed by atoms with Crippen LogP contribution in [0.25, 0.3) is 0 Å². The number of aromatic nitrogens is 1. The van der Waals surface area contributed by atoms with E-state index >= 15 is 0 Å². The van der Waals surface area contributed by atoms with Gasteiger partial charge in [-0.15, -0.1) is 0 Å². The molecule has 21 heavy (non-hydrogen) atoms. The first kappa shape index (κ1) is 15.3. The van der Waals surface area contributed by atoms with E-state index < -0.39 is 17.3 Å². The van der Waals surface area contributed by atoms with Crippen LogP contribution in [0.3, 0.4) is 0 Å². The molecule has 0 fully saturated rings. The predicted octanol–water partition coefficient (Wildman–Crippen LogP) is 4.35. The van der Waals surface area contributed by atoms with Crippen LogP contribution in [-0.2, 0) is 12.7 Å². The number of benzene rings is 1. The lowest BCUT2D eigenvalue weighted by molar-refractivity contribution is -0.137. The van der Waals surface area contributed by atoms with Gasteiger partial charge in [0.15, 0.2) is 0 Å². The van der Waals surface area contributed by atoms with Crippen LogP contribution in [0, 0.1) is 11.3 Å². The summed E-state index contributed by atoms with van der Waals surface area (Å²) in [6.07, 6.45) is -1.32. The molecule has 1 aromatic heterocycles. The summed E-state index contributed by atoms with van der Waals surface area (Å²) < 4.78 is 39.3. The Labute approximate surface area is 127 Å². The van der Waals surface area contributed by atoms with Gasteiger partial charge in [-0.2, -0.15) is 18.4 Å². The Morgan fingerprint density at radius 3 is 2.62 bits per heavy atom. The second kappa shape index (κ2) is 6.14. The second-order valence-corrected chi connectivity index (χ2v) is 5.15. The number of hydrogen-bond donors (Lipinski definition) is 1. The molecule has 1 N–H and O–H groups in total. The Balaban J connectivity index is 2.20. The van der Waals surface area contributed by atoms with E-state index in [2.05, 4.69) is 26.2 Å². The molecule has 0 aliphatic heterocycles. The molecule has 0 radical (unpaired) electrons. The number of nitrogens with one attached hydrogen (secondary N) is 1. The highest BCUT2D eigenvalue weighted by atomic mass is 79.9. The van der Waals surface area contributed by atoms with Crippen molar-refractivity contribution >= 4 is 21.6 Å². The molecule has 3 nitrogen and oxygen atoms in total. The minimum absolute atomic E-state index is 0.293. The van der Waals surface area contributed by atoms with Gasteiger partial charge in [0, 0.05) is 29.1 Å². The zero-order chi connectivity index (χ0) is 15.5. The van der Waals surface area contributed by atoms with Crippen LogP contribution in [0.2, 0.25) is 0 Å². The van der Waals surface area contributed by atoms with Crippen molar-refractivity contribution in [1.29, 1.82) is 5.26 Å². The van der Waals surface area contributed by atoms with Crippen LogP contribution in [0.4, 0.5) is 18.9 Å². The average molecular weight is 356 g/mol. The van der Waals surface area contributed by atoms with E-state index in [9.17, 15) is 13.2 Å². The fourth-order valence-electron chi connectivity index (χ4n) is 1.74. The highest BCUT2D eigenvalue weighted by Gasteiger charge is 2.33. The van der Waals surface area contributed by atoms with Gasteiger partial charge >= 0.3 is 6.18 Å². The largest absolute Gasteiger partial charge is 0.417 e. The quantitative estimate of drug-likeness (QED) is 0.890. The van der Waals surface area contributed by atoms with Gasteiger partial charge < -0.3 is 5.32 Å². The molecule has 0 saturated heterocycles. The molecule has 7 heteroatoms. The van der Waals surface area contributed by atoms with Gasteiger partial charge in [-0.25, -0.2) is 0 Å². The third-order valence-electron chi connectivity index (χ3n) is 2.70. The van der Waals surface area contributed by atoms with E-state index in [0.29, 0.717) is 12.2 Å². The molecule has 0 unspecified atom stereocenters. The smallest absolute Gasteiger partial charge is 0.381 e. The molecule has 0 spiro atoms. The van der Waals surface area contributed by atoms with Gasteiger partial charge in [-0.05, 0) is 45.8 Å². The van der Waals surface area contributed by atoms with Crippen molar-refractivity contribution in [3.05, 3.63) is 57.8 Å². The van der Waals surface area contributed by atoms with Gasteiger partial charge in [0.2, 0.25) is 0 Å². The van der Waals surface area contributed by atoms with Crippen molar-refractivity contribution in [1.82, 2.24) is 4.98 Å². The average Bonchev–Trinajstić information content (AvgIpc) is 2.44. The second-order valence-electron chi connectivity index (χ2n) is 4.23. The van der Waals surface area contributed by atoms with E-state index in [0.717, 1.165) is 22.2 Å². The number of halogens is 4. The normalized spacial score (nSPS) is 11.0. The maximum absolute atomic E-state index is 12.8. The lowest BCUT2D eigenvalue weighted by Gasteiger charge is -2.12. The summed E-state index contributed by atoms with van der Waals surface area (Å²) in [5, 5.41) is 11.6. The van der Waals surface area contributed by atoms with E-state index in [4.69, 9.17) is 5.26 Å². The van der Waals surface area contributed by atoms with Crippen LogP contribution in [-0.4, -0.2) is 4.98 Å². The number of nitriles is 1. The van der Waals surface area contributed by atoms with Crippen molar-refractivity contribution in [3.63, 3.8) is 0 Å². The topological polar surface area (TPSA) is 48.7 Å². The summed E-state index contributed by atoms with van der Waals surface area (Å²) in [5.74, 6) is 0. The molecular weight excluding hydrogens is 347 g/mol. The molecule has 1 heterocycles. The summed E-state index contributed by atoms with van der Waals surface area (Å²) in [6.45, 7) is 0.329. The fraction of sp³-hybridized carbons (Fsp3) is 0.143. The number of alkyl halides is 3.